The summed E-state index contributed by atoms with van der Waals surface area (Å²) in [5.41, 5.74) is 0.489. The Balaban J connectivity index is 2.15. The van der Waals surface area contributed by atoms with E-state index in [2.05, 4.69) is 10.3 Å². The standard InChI is InChI=1S/C13H13ClN2O3/c1-2-8-6-16-11(19-8)7-15-10-5-3-4-9(14)12(10)13(17)18/h3-6,15H,2,7H2,1H3,(H,17,18). The first-order chi connectivity index (χ1) is 9.11. The minimum atomic E-state index is -1.07. The zero-order valence-corrected chi connectivity index (χ0v) is 11.1. The molecule has 0 amide bonds. The van der Waals surface area contributed by atoms with Gasteiger partial charge >= 0.3 is 5.97 Å². The zero-order chi connectivity index (χ0) is 13.8. The molecular formula is C13H13ClN2O3. The molecule has 2 rings (SSSR count). The van der Waals surface area contributed by atoms with Gasteiger partial charge in [-0.05, 0) is 12.1 Å². The molecule has 6 heteroatoms. The van der Waals surface area contributed by atoms with E-state index in [1.165, 1.54) is 6.07 Å². The maximum absolute atomic E-state index is 11.1. The summed E-state index contributed by atoms with van der Waals surface area (Å²) >= 11 is 5.87. The van der Waals surface area contributed by atoms with Crippen molar-refractivity contribution in [3.8, 4) is 0 Å². The van der Waals surface area contributed by atoms with E-state index in [0.717, 1.165) is 12.2 Å². The van der Waals surface area contributed by atoms with Crippen LogP contribution >= 0.6 is 11.6 Å². The first kappa shape index (κ1) is 13.4. The number of aryl methyl sites for hydroxylation is 1. The Kier molecular flexibility index (Phi) is 4.06. The number of carbonyl (C=O) groups is 1. The maximum atomic E-state index is 11.1. The summed E-state index contributed by atoms with van der Waals surface area (Å²) in [6, 6.07) is 4.87. The van der Waals surface area contributed by atoms with Crippen LogP contribution in [0, 0.1) is 0 Å². The fourth-order valence-electron chi connectivity index (χ4n) is 1.65. The Morgan fingerprint density at radius 1 is 1.53 bits per heavy atom. The van der Waals surface area contributed by atoms with Gasteiger partial charge in [0.2, 0.25) is 5.89 Å². The van der Waals surface area contributed by atoms with Crippen molar-refractivity contribution in [1.82, 2.24) is 4.98 Å². The molecule has 0 radical (unpaired) electrons. The summed E-state index contributed by atoms with van der Waals surface area (Å²) in [6.07, 6.45) is 2.43. The van der Waals surface area contributed by atoms with E-state index in [1.54, 1.807) is 18.3 Å². The Morgan fingerprint density at radius 3 is 2.95 bits per heavy atom. The average Bonchev–Trinajstić information content (AvgIpc) is 2.83. The normalized spacial score (nSPS) is 10.4. The largest absolute Gasteiger partial charge is 0.478 e. The van der Waals surface area contributed by atoms with E-state index >= 15 is 0 Å². The predicted octanol–water partition coefficient (Wildman–Crippen LogP) is 3.20. The van der Waals surface area contributed by atoms with Crippen LogP contribution in [0.15, 0.2) is 28.8 Å². The van der Waals surface area contributed by atoms with Crippen LogP contribution in [-0.4, -0.2) is 16.1 Å². The lowest BCUT2D eigenvalue weighted by Gasteiger charge is -2.08. The molecule has 0 unspecified atom stereocenters. The van der Waals surface area contributed by atoms with E-state index in [1.807, 2.05) is 6.92 Å². The minimum absolute atomic E-state index is 0.0476. The van der Waals surface area contributed by atoms with Crippen molar-refractivity contribution in [2.45, 2.75) is 19.9 Å². The van der Waals surface area contributed by atoms with Gasteiger partial charge in [-0.15, -0.1) is 0 Å². The SMILES string of the molecule is CCc1cnc(CNc2cccc(Cl)c2C(=O)O)o1. The molecule has 19 heavy (non-hydrogen) atoms. The number of aromatic carboxylic acids is 1. The topological polar surface area (TPSA) is 75.4 Å². The van der Waals surface area contributed by atoms with Crippen LogP contribution < -0.4 is 5.32 Å². The molecule has 0 spiro atoms. The Hall–Kier alpha value is -2.01. The summed E-state index contributed by atoms with van der Waals surface area (Å²) in [5, 5.41) is 12.3. The third-order valence-electron chi connectivity index (χ3n) is 2.61. The molecule has 2 aromatic rings. The second-order valence-electron chi connectivity index (χ2n) is 3.89. The van der Waals surface area contributed by atoms with Crippen molar-refractivity contribution in [2.75, 3.05) is 5.32 Å². The molecule has 2 N–H and O–H groups in total. The first-order valence-electron chi connectivity index (χ1n) is 5.81. The molecule has 0 aliphatic heterocycles. The molecule has 1 aromatic carbocycles. The third kappa shape index (κ3) is 3.06. The first-order valence-corrected chi connectivity index (χ1v) is 6.19. The monoisotopic (exact) mass is 280 g/mol. The number of rotatable bonds is 5. The lowest BCUT2D eigenvalue weighted by molar-refractivity contribution is 0.0698. The highest BCUT2D eigenvalue weighted by atomic mass is 35.5. The number of carboxylic acids is 1. The van der Waals surface area contributed by atoms with Crippen LogP contribution in [-0.2, 0) is 13.0 Å². The van der Waals surface area contributed by atoms with E-state index < -0.39 is 5.97 Å². The van der Waals surface area contributed by atoms with Crippen LogP contribution in [0.1, 0.15) is 28.9 Å². The molecule has 0 saturated carbocycles. The second-order valence-corrected chi connectivity index (χ2v) is 4.30. The number of hydrogen-bond acceptors (Lipinski definition) is 4. The molecule has 0 fully saturated rings. The van der Waals surface area contributed by atoms with Gasteiger partial charge in [0.15, 0.2) is 0 Å². The lowest BCUT2D eigenvalue weighted by atomic mass is 10.2. The molecule has 0 atom stereocenters. The van der Waals surface area contributed by atoms with Gasteiger partial charge in [0.1, 0.15) is 11.3 Å². The van der Waals surface area contributed by atoms with Gasteiger partial charge in [-0.1, -0.05) is 24.6 Å². The van der Waals surface area contributed by atoms with Crippen molar-refractivity contribution in [1.29, 1.82) is 0 Å². The lowest BCUT2D eigenvalue weighted by Crippen LogP contribution is -2.07. The van der Waals surface area contributed by atoms with E-state index in [9.17, 15) is 4.79 Å². The van der Waals surface area contributed by atoms with Crippen LogP contribution in [0.2, 0.25) is 5.02 Å². The van der Waals surface area contributed by atoms with Crippen LogP contribution in [0.5, 0.6) is 0 Å². The quantitative estimate of drug-likeness (QED) is 0.879. The molecule has 100 valence electrons. The van der Waals surface area contributed by atoms with Gasteiger partial charge in [0, 0.05) is 6.42 Å². The number of nitrogens with one attached hydrogen (secondary N) is 1. The molecule has 0 aliphatic rings. The highest BCUT2D eigenvalue weighted by molar-refractivity contribution is 6.34. The van der Waals surface area contributed by atoms with Gasteiger partial charge in [-0.2, -0.15) is 0 Å². The maximum Gasteiger partial charge on any atom is 0.339 e. The summed E-state index contributed by atoms with van der Waals surface area (Å²) in [7, 11) is 0. The number of benzene rings is 1. The van der Waals surface area contributed by atoms with Crippen molar-refractivity contribution in [3.63, 3.8) is 0 Å². The summed E-state index contributed by atoms with van der Waals surface area (Å²) in [5.74, 6) is 0.226. The van der Waals surface area contributed by atoms with Gasteiger partial charge in [-0.25, -0.2) is 9.78 Å². The second kappa shape index (κ2) is 5.75. The number of anilines is 1. The highest BCUT2D eigenvalue weighted by Gasteiger charge is 2.14. The Bertz CT molecular complexity index is 595. The number of carboxylic acid groups (broad SMARTS) is 1. The fourth-order valence-corrected chi connectivity index (χ4v) is 1.91. The van der Waals surface area contributed by atoms with Gasteiger partial charge in [0.25, 0.3) is 0 Å². The van der Waals surface area contributed by atoms with Crippen molar-refractivity contribution in [3.05, 3.63) is 46.6 Å². The molecular weight excluding hydrogens is 268 g/mol. The average molecular weight is 281 g/mol. The molecule has 1 heterocycles. The van der Waals surface area contributed by atoms with Gasteiger partial charge in [0.05, 0.1) is 23.5 Å². The summed E-state index contributed by atoms with van der Waals surface area (Å²) < 4.78 is 5.43. The Morgan fingerprint density at radius 2 is 2.32 bits per heavy atom. The number of oxazole rings is 1. The van der Waals surface area contributed by atoms with E-state index in [4.69, 9.17) is 21.1 Å². The van der Waals surface area contributed by atoms with Crippen LogP contribution in [0.4, 0.5) is 5.69 Å². The van der Waals surface area contributed by atoms with Gasteiger partial charge < -0.3 is 14.8 Å². The number of nitrogens with zero attached hydrogens (tertiary/aromatic N) is 1. The Labute approximate surface area is 115 Å². The van der Waals surface area contributed by atoms with Crippen LogP contribution in [0.25, 0.3) is 0 Å². The van der Waals surface area contributed by atoms with E-state index in [-0.39, 0.29) is 10.6 Å². The van der Waals surface area contributed by atoms with Crippen molar-refractivity contribution in [2.24, 2.45) is 0 Å². The zero-order valence-electron chi connectivity index (χ0n) is 10.3. The highest BCUT2D eigenvalue weighted by Crippen LogP contribution is 2.24. The smallest absolute Gasteiger partial charge is 0.339 e. The fraction of sp³-hybridized carbons (Fsp3) is 0.231. The molecule has 1 aromatic heterocycles. The van der Waals surface area contributed by atoms with Crippen molar-refractivity contribution >= 4 is 23.3 Å². The summed E-state index contributed by atoms with van der Waals surface area (Å²) in [4.78, 5) is 15.2. The van der Waals surface area contributed by atoms with Gasteiger partial charge in [-0.3, -0.25) is 0 Å². The molecule has 0 aliphatic carbocycles. The van der Waals surface area contributed by atoms with Crippen molar-refractivity contribution < 1.29 is 14.3 Å². The summed E-state index contributed by atoms with van der Waals surface area (Å²) in [6.45, 7) is 2.28. The molecule has 5 nitrogen and oxygen atoms in total. The number of hydrogen-bond donors (Lipinski definition) is 2. The number of aromatic nitrogens is 1. The molecule has 0 bridgehead atoms. The number of halogens is 1. The van der Waals surface area contributed by atoms with Crippen LogP contribution in [0.3, 0.4) is 0 Å². The predicted molar refractivity (Wildman–Crippen MR) is 71.6 cm³/mol. The van der Waals surface area contributed by atoms with E-state index in [0.29, 0.717) is 18.1 Å². The molecule has 0 saturated heterocycles. The minimum Gasteiger partial charge on any atom is -0.478 e. The third-order valence-corrected chi connectivity index (χ3v) is 2.92.